The lowest BCUT2D eigenvalue weighted by atomic mass is 10.3. The summed E-state index contributed by atoms with van der Waals surface area (Å²) in [6.45, 7) is 2.18. The van der Waals surface area contributed by atoms with Gasteiger partial charge in [0.05, 0.1) is 30.6 Å². The minimum absolute atomic E-state index is 0.199. The fourth-order valence-corrected chi connectivity index (χ4v) is 2.09. The van der Waals surface area contributed by atoms with Crippen LogP contribution in [-0.4, -0.2) is 27.1 Å². The van der Waals surface area contributed by atoms with E-state index in [1.54, 1.807) is 25.0 Å². The van der Waals surface area contributed by atoms with Gasteiger partial charge in [-0.25, -0.2) is 9.97 Å². The Kier molecular flexibility index (Phi) is 3.31. The number of imidazole rings is 1. The largest absolute Gasteiger partial charge is 0.466 e. The zero-order valence-corrected chi connectivity index (χ0v) is 9.61. The summed E-state index contributed by atoms with van der Waals surface area (Å²) in [6, 6.07) is 0. The van der Waals surface area contributed by atoms with Gasteiger partial charge < -0.3 is 4.74 Å². The van der Waals surface area contributed by atoms with E-state index in [2.05, 4.69) is 9.97 Å². The van der Waals surface area contributed by atoms with E-state index in [4.69, 9.17) is 4.74 Å². The van der Waals surface area contributed by atoms with Crippen LogP contribution in [-0.2, 0) is 16.0 Å². The summed E-state index contributed by atoms with van der Waals surface area (Å²) < 4.78 is 6.73. The molecule has 0 bridgehead atoms. The first-order valence-corrected chi connectivity index (χ1v) is 5.75. The Morgan fingerprint density at radius 2 is 2.50 bits per heavy atom. The summed E-state index contributed by atoms with van der Waals surface area (Å²) in [5, 5.41) is 0.908. The van der Waals surface area contributed by atoms with Crippen LogP contribution in [0.25, 0.3) is 5.00 Å². The number of hydrogen-bond donors (Lipinski definition) is 0. The molecule has 0 unspecified atom stereocenters. The van der Waals surface area contributed by atoms with Crippen LogP contribution in [0, 0.1) is 0 Å². The zero-order valence-electron chi connectivity index (χ0n) is 8.79. The fourth-order valence-electron chi connectivity index (χ4n) is 1.32. The van der Waals surface area contributed by atoms with Crippen LogP contribution < -0.4 is 0 Å². The normalized spacial score (nSPS) is 10.3. The number of carbonyl (C=O) groups is 1. The van der Waals surface area contributed by atoms with Crippen LogP contribution in [0.1, 0.15) is 12.6 Å². The van der Waals surface area contributed by atoms with Crippen molar-refractivity contribution in [1.82, 2.24) is 14.5 Å². The highest BCUT2D eigenvalue weighted by Gasteiger charge is 2.12. The Morgan fingerprint density at radius 1 is 1.62 bits per heavy atom. The highest BCUT2D eigenvalue weighted by molar-refractivity contribution is 7.12. The lowest BCUT2D eigenvalue weighted by Gasteiger charge is -2.02. The van der Waals surface area contributed by atoms with Gasteiger partial charge in [-0.3, -0.25) is 9.36 Å². The standard InChI is InChI=1S/C10H11N3O2S/c1-2-15-9(14)5-8-10(16-7-12-8)13-4-3-11-6-13/h3-4,6-7H,2,5H2,1H3. The maximum Gasteiger partial charge on any atom is 0.311 e. The molecule has 16 heavy (non-hydrogen) atoms. The van der Waals surface area contributed by atoms with Crippen molar-refractivity contribution in [3.05, 3.63) is 29.9 Å². The van der Waals surface area contributed by atoms with Crippen LogP contribution in [0.4, 0.5) is 0 Å². The van der Waals surface area contributed by atoms with E-state index in [0.29, 0.717) is 6.61 Å². The highest BCUT2D eigenvalue weighted by atomic mass is 32.1. The third kappa shape index (κ3) is 2.27. The average molecular weight is 237 g/mol. The van der Waals surface area contributed by atoms with Crippen LogP contribution in [0.15, 0.2) is 24.2 Å². The monoisotopic (exact) mass is 237 g/mol. The Labute approximate surface area is 96.7 Å². The summed E-state index contributed by atoms with van der Waals surface area (Å²) in [6.07, 6.45) is 5.39. The minimum atomic E-state index is -0.255. The molecule has 0 aliphatic carbocycles. The molecular formula is C10H11N3O2S. The van der Waals surface area contributed by atoms with Crippen molar-refractivity contribution in [3.8, 4) is 5.00 Å². The van der Waals surface area contributed by atoms with Gasteiger partial charge in [0, 0.05) is 12.4 Å². The second-order valence-electron chi connectivity index (χ2n) is 3.06. The summed E-state index contributed by atoms with van der Waals surface area (Å²) in [5.41, 5.74) is 2.44. The minimum Gasteiger partial charge on any atom is -0.466 e. The Bertz CT molecular complexity index is 464. The zero-order chi connectivity index (χ0) is 11.4. The fraction of sp³-hybridized carbons (Fsp3) is 0.300. The third-order valence-corrected chi connectivity index (χ3v) is 2.86. The molecule has 0 atom stereocenters. The summed E-state index contributed by atoms with van der Waals surface area (Å²) in [4.78, 5) is 19.5. The van der Waals surface area contributed by atoms with Gasteiger partial charge in [0.25, 0.3) is 0 Å². The number of carbonyl (C=O) groups excluding carboxylic acids is 1. The number of rotatable bonds is 4. The van der Waals surface area contributed by atoms with Gasteiger partial charge in [-0.1, -0.05) is 0 Å². The molecule has 0 aromatic carbocycles. The van der Waals surface area contributed by atoms with E-state index in [0.717, 1.165) is 10.7 Å². The van der Waals surface area contributed by atoms with Gasteiger partial charge in [0.15, 0.2) is 0 Å². The van der Waals surface area contributed by atoms with Gasteiger partial charge >= 0.3 is 5.97 Å². The van der Waals surface area contributed by atoms with Crippen molar-refractivity contribution in [1.29, 1.82) is 0 Å². The first-order chi connectivity index (χ1) is 7.81. The van der Waals surface area contributed by atoms with Crippen molar-refractivity contribution < 1.29 is 9.53 Å². The topological polar surface area (TPSA) is 57.0 Å². The molecular weight excluding hydrogens is 226 g/mol. The maximum absolute atomic E-state index is 11.3. The van der Waals surface area contributed by atoms with E-state index in [-0.39, 0.29) is 12.4 Å². The van der Waals surface area contributed by atoms with Crippen molar-refractivity contribution in [2.24, 2.45) is 0 Å². The molecule has 0 saturated heterocycles. The smallest absolute Gasteiger partial charge is 0.311 e. The number of esters is 1. The number of hydrogen-bond acceptors (Lipinski definition) is 5. The first-order valence-electron chi connectivity index (χ1n) is 4.87. The molecule has 0 aliphatic heterocycles. The van der Waals surface area contributed by atoms with Gasteiger partial charge in [0.1, 0.15) is 5.00 Å². The van der Waals surface area contributed by atoms with Gasteiger partial charge in [-0.2, -0.15) is 0 Å². The Balaban J connectivity index is 2.17. The van der Waals surface area contributed by atoms with Crippen molar-refractivity contribution >= 4 is 17.3 Å². The number of ether oxygens (including phenoxy) is 1. The quantitative estimate of drug-likeness (QED) is 0.755. The van der Waals surface area contributed by atoms with Crippen LogP contribution in [0.3, 0.4) is 0 Å². The highest BCUT2D eigenvalue weighted by Crippen LogP contribution is 2.19. The van der Waals surface area contributed by atoms with E-state index in [1.165, 1.54) is 11.3 Å². The van der Waals surface area contributed by atoms with E-state index in [9.17, 15) is 4.79 Å². The Hall–Kier alpha value is -1.69. The van der Waals surface area contributed by atoms with Gasteiger partial charge in [0.2, 0.25) is 0 Å². The molecule has 5 nitrogen and oxygen atoms in total. The second-order valence-corrected chi connectivity index (χ2v) is 3.89. The maximum atomic E-state index is 11.3. The average Bonchev–Trinajstić information content (AvgIpc) is 2.86. The molecule has 2 rings (SSSR count). The van der Waals surface area contributed by atoms with E-state index >= 15 is 0 Å². The summed E-state index contributed by atoms with van der Waals surface area (Å²) in [5.74, 6) is -0.255. The molecule has 0 radical (unpaired) electrons. The van der Waals surface area contributed by atoms with Crippen molar-refractivity contribution in [2.45, 2.75) is 13.3 Å². The molecule has 6 heteroatoms. The van der Waals surface area contributed by atoms with Gasteiger partial charge in [-0.15, -0.1) is 11.3 Å². The molecule has 0 saturated carbocycles. The van der Waals surface area contributed by atoms with Crippen molar-refractivity contribution in [3.63, 3.8) is 0 Å². The molecule has 2 aromatic heterocycles. The van der Waals surface area contributed by atoms with Crippen LogP contribution in [0.2, 0.25) is 0 Å². The molecule has 0 N–H and O–H groups in total. The second kappa shape index (κ2) is 4.89. The predicted molar refractivity (Wildman–Crippen MR) is 59.6 cm³/mol. The van der Waals surface area contributed by atoms with E-state index in [1.807, 2.05) is 10.8 Å². The molecule has 0 fully saturated rings. The third-order valence-electron chi connectivity index (χ3n) is 1.98. The first kappa shape index (κ1) is 10.8. The molecule has 0 amide bonds. The molecule has 2 heterocycles. The van der Waals surface area contributed by atoms with Gasteiger partial charge in [-0.05, 0) is 6.92 Å². The number of nitrogens with zero attached hydrogens (tertiary/aromatic N) is 3. The lowest BCUT2D eigenvalue weighted by molar-refractivity contribution is -0.142. The number of thiazole rings is 1. The van der Waals surface area contributed by atoms with E-state index < -0.39 is 0 Å². The summed E-state index contributed by atoms with van der Waals surface area (Å²) in [7, 11) is 0. The number of aromatic nitrogens is 3. The molecule has 0 spiro atoms. The molecule has 2 aromatic rings. The predicted octanol–water partition coefficient (Wildman–Crippen LogP) is 1.43. The van der Waals surface area contributed by atoms with Crippen LogP contribution in [0.5, 0.6) is 0 Å². The lowest BCUT2D eigenvalue weighted by Crippen LogP contribution is -2.09. The Morgan fingerprint density at radius 3 is 3.19 bits per heavy atom. The summed E-state index contributed by atoms with van der Waals surface area (Å²) >= 11 is 1.47. The van der Waals surface area contributed by atoms with Crippen molar-refractivity contribution in [2.75, 3.05) is 6.61 Å². The van der Waals surface area contributed by atoms with Crippen LogP contribution >= 0.6 is 11.3 Å². The SMILES string of the molecule is CCOC(=O)Cc1ncsc1-n1ccnc1. The molecule has 84 valence electrons. The molecule has 0 aliphatic rings.